The second kappa shape index (κ2) is 12.2. The van der Waals surface area contributed by atoms with Gasteiger partial charge >= 0.3 is 0 Å². The average Bonchev–Trinajstić information content (AvgIpc) is 2.89. The van der Waals surface area contributed by atoms with E-state index in [9.17, 15) is 5.11 Å². The molecule has 2 aromatic carbocycles. The lowest BCUT2D eigenvalue weighted by Gasteiger charge is -2.26. The quantitative estimate of drug-likeness (QED) is 0.390. The second-order valence-corrected chi connectivity index (χ2v) is 8.47. The van der Waals surface area contributed by atoms with Crippen LogP contribution >= 0.6 is 23.2 Å². The number of methoxy groups -OCH3 is 2. The van der Waals surface area contributed by atoms with Gasteiger partial charge in [-0.15, -0.1) is 0 Å². The van der Waals surface area contributed by atoms with E-state index < -0.39 is 0 Å². The zero-order valence-corrected chi connectivity index (χ0v) is 21.3. The molecule has 0 amide bonds. The number of aromatic hydroxyl groups is 1. The molecule has 0 aliphatic carbocycles. The lowest BCUT2D eigenvalue weighted by molar-refractivity contribution is 0.0321. The van der Waals surface area contributed by atoms with E-state index in [0.717, 1.165) is 38.4 Å². The summed E-state index contributed by atoms with van der Waals surface area (Å²) in [5.41, 5.74) is 2.58. The molecule has 3 heterocycles. The number of phenols is 1. The number of morpholine rings is 1. The molecule has 0 spiro atoms. The minimum Gasteiger partial charge on any atom is -0.504 e. The molecule has 1 aliphatic rings. The summed E-state index contributed by atoms with van der Waals surface area (Å²) >= 11 is 11.6. The third-order valence-corrected chi connectivity index (χ3v) is 5.74. The first-order valence-electron chi connectivity index (χ1n) is 11.1. The molecule has 0 bridgehead atoms. The van der Waals surface area contributed by atoms with Crippen molar-refractivity contribution in [2.24, 2.45) is 0 Å². The third kappa shape index (κ3) is 6.52. The summed E-state index contributed by atoms with van der Waals surface area (Å²) in [6.45, 7) is 4.89. The predicted molar refractivity (Wildman–Crippen MR) is 137 cm³/mol. The van der Waals surface area contributed by atoms with Crippen LogP contribution in [0.2, 0.25) is 10.3 Å². The van der Waals surface area contributed by atoms with Gasteiger partial charge in [0.05, 0.1) is 61.9 Å². The molecular weight excluding hydrogens is 509 g/mol. The monoisotopic (exact) mass is 533 g/mol. The SMILES string of the molecule is COc1cc2nc(Cl)cnc2cc1O.COc1cc2ncc(Cl)nc2cc1OCCN1CCOCC1. The van der Waals surface area contributed by atoms with E-state index in [0.29, 0.717) is 50.7 Å². The Bertz CT molecular complexity index is 1340. The fourth-order valence-corrected chi connectivity index (χ4v) is 3.83. The lowest BCUT2D eigenvalue weighted by atomic mass is 10.2. The zero-order chi connectivity index (χ0) is 25.5. The molecule has 1 fully saturated rings. The summed E-state index contributed by atoms with van der Waals surface area (Å²) in [5.74, 6) is 1.69. The molecule has 4 aromatic rings. The minimum atomic E-state index is 0.0385. The number of halogens is 2. The van der Waals surface area contributed by atoms with Crippen molar-refractivity contribution in [3.05, 3.63) is 47.0 Å². The molecule has 0 unspecified atom stereocenters. The van der Waals surface area contributed by atoms with Crippen molar-refractivity contribution in [3.8, 4) is 23.0 Å². The van der Waals surface area contributed by atoms with Crippen molar-refractivity contribution in [2.45, 2.75) is 0 Å². The van der Waals surface area contributed by atoms with Gasteiger partial charge in [-0.2, -0.15) is 0 Å². The molecule has 2 aromatic heterocycles. The zero-order valence-electron chi connectivity index (χ0n) is 19.8. The number of fused-ring (bicyclic) bond motifs is 2. The van der Waals surface area contributed by atoms with E-state index in [1.54, 1.807) is 13.2 Å². The van der Waals surface area contributed by atoms with Crippen LogP contribution in [-0.2, 0) is 4.74 Å². The Kier molecular flexibility index (Phi) is 8.76. The first-order valence-corrected chi connectivity index (χ1v) is 11.8. The maximum Gasteiger partial charge on any atom is 0.163 e. The largest absolute Gasteiger partial charge is 0.504 e. The molecule has 1 saturated heterocycles. The van der Waals surface area contributed by atoms with Crippen molar-refractivity contribution < 1.29 is 24.1 Å². The molecule has 10 nitrogen and oxygen atoms in total. The lowest BCUT2D eigenvalue weighted by Crippen LogP contribution is -2.38. The van der Waals surface area contributed by atoms with Gasteiger partial charge in [-0.05, 0) is 0 Å². The number of benzene rings is 2. The van der Waals surface area contributed by atoms with Crippen molar-refractivity contribution in [1.82, 2.24) is 24.8 Å². The Morgan fingerprint density at radius 1 is 0.833 bits per heavy atom. The fourth-order valence-electron chi connectivity index (χ4n) is 3.55. The van der Waals surface area contributed by atoms with E-state index in [1.165, 1.54) is 25.6 Å². The van der Waals surface area contributed by atoms with Gasteiger partial charge in [0.1, 0.15) is 16.9 Å². The summed E-state index contributed by atoms with van der Waals surface area (Å²) < 4.78 is 21.5. The van der Waals surface area contributed by atoms with E-state index in [-0.39, 0.29) is 5.75 Å². The average molecular weight is 534 g/mol. The van der Waals surface area contributed by atoms with Crippen LogP contribution in [0.5, 0.6) is 23.0 Å². The minimum absolute atomic E-state index is 0.0385. The second-order valence-electron chi connectivity index (χ2n) is 7.69. The number of rotatable bonds is 6. The van der Waals surface area contributed by atoms with Crippen LogP contribution in [-0.4, -0.2) is 83.6 Å². The van der Waals surface area contributed by atoms with Crippen LogP contribution in [0.1, 0.15) is 0 Å². The molecule has 1 aliphatic heterocycles. The highest BCUT2D eigenvalue weighted by molar-refractivity contribution is 6.29. The first-order chi connectivity index (χ1) is 17.5. The summed E-state index contributed by atoms with van der Waals surface area (Å²) in [7, 11) is 3.08. The third-order valence-electron chi connectivity index (χ3n) is 5.38. The molecular formula is C24H25Cl2N5O5. The Balaban J connectivity index is 0.000000187. The maximum atomic E-state index is 9.45. The number of ether oxygens (including phenoxy) is 4. The van der Waals surface area contributed by atoms with Gasteiger partial charge < -0.3 is 24.1 Å². The molecule has 0 radical (unpaired) electrons. The number of nitrogens with zero attached hydrogens (tertiary/aromatic N) is 5. The highest BCUT2D eigenvalue weighted by atomic mass is 35.5. The number of aromatic nitrogens is 4. The van der Waals surface area contributed by atoms with Crippen LogP contribution in [0.3, 0.4) is 0 Å². The van der Waals surface area contributed by atoms with E-state index in [2.05, 4.69) is 24.8 Å². The van der Waals surface area contributed by atoms with Gasteiger partial charge in [-0.3, -0.25) is 14.9 Å². The topological polar surface area (TPSA) is 112 Å². The van der Waals surface area contributed by atoms with Crippen LogP contribution < -0.4 is 14.2 Å². The van der Waals surface area contributed by atoms with Crippen molar-refractivity contribution in [1.29, 1.82) is 0 Å². The van der Waals surface area contributed by atoms with Gasteiger partial charge in [-0.1, -0.05) is 23.2 Å². The van der Waals surface area contributed by atoms with Gasteiger partial charge in [0.15, 0.2) is 23.0 Å². The smallest absolute Gasteiger partial charge is 0.163 e. The fraction of sp³-hybridized carbons (Fsp3) is 0.333. The van der Waals surface area contributed by atoms with E-state index >= 15 is 0 Å². The highest BCUT2D eigenvalue weighted by Crippen LogP contribution is 2.31. The molecule has 190 valence electrons. The standard InChI is InChI=1S/C15H18ClN3O3.C9H7ClN2O2/c1-20-13-8-11-12(18-15(16)10-17-11)9-14(13)22-7-4-19-2-5-21-6-3-19;1-14-8-3-6-5(2-7(8)13)11-4-9(10)12-6/h8-10H,2-7H2,1H3;2-4,13H,1H3. The Labute approximate surface area is 217 Å². The number of hydrogen-bond donors (Lipinski definition) is 1. The Hall–Kier alpha value is -3.18. The molecule has 0 saturated carbocycles. The molecule has 36 heavy (non-hydrogen) atoms. The summed E-state index contributed by atoms with van der Waals surface area (Å²) in [4.78, 5) is 18.8. The maximum absolute atomic E-state index is 9.45. The van der Waals surface area contributed by atoms with Crippen molar-refractivity contribution in [2.75, 3.05) is 53.7 Å². The molecule has 12 heteroatoms. The van der Waals surface area contributed by atoms with E-state index in [4.69, 9.17) is 42.1 Å². The Morgan fingerprint density at radius 2 is 1.39 bits per heavy atom. The predicted octanol–water partition coefficient (Wildman–Crippen LogP) is 4.00. The van der Waals surface area contributed by atoms with Gasteiger partial charge in [0.25, 0.3) is 0 Å². The molecule has 0 atom stereocenters. The highest BCUT2D eigenvalue weighted by Gasteiger charge is 2.12. The van der Waals surface area contributed by atoms with Crippen LogP contribution in [0.4, 0.5) is 0 Å². The van der Waals surface area contributed by atoms with Gasteiger partial charge in [0.2, 0.25) is 0 Å². The summed E-state index contributed by atoms with van der Waals surface area (Å²) in [6, 6.07) is 6.69. The summed E-state index contributed by atoms with van der Waals surface area (Å²) in [5, 5.41) is 10.1. The molecule has 1 N–H and O–H groups in total. The van der Waals surface area contributed by atoms with Crippen molar-refractivity contribution in [3.63, 3.8) is 0 Å². The van der Waals surface area contributed by atoms with Gasteiger partial charge in [0, 0.05) is 43.9 Å². The first kappa shape index (κ1) is 25.9. The molecule has 5 rings (SSSR count). The summed E-state index contributed by atoms with van der Waals surface area (Å²) in [6.07, 6.45) is 2.94. The normalized spacial score (nSPS) is 13.8. The van der Waals surface area contributed by atoms with E-state index in [1.807, 2.05) is 12.1 Å². The van der Waals surface area contributed by atoms with Gasteiger partial charge in [-0.25, -0.2) is 9.97 Å². The number of phenolic OH excluding ortho intramolecular Hbond substituents is 1. The van der Waals surface area contributed by atoms with Crippen molar-refractivity contribution >= 4 is 45.3 Å². The van der Waals surface area contributed by atoms with Crippen LogP contribution in [0.25, 0.3) is 22.1 Å². The van der Waals surface area contributed by atoms with Crippen LogP contribution in [0.15, 0.2) is 36.7 Å². The van der Waals surface area contributed by atoms with Crippen LogP contribution in [0, 0.1) is 0 Å². The Morgan fingerprint density at radius 3 is 2.00 bits per heavy atom. The number of hydrogen-bond acceptors (Lipinski definition) is 10.